The third kappa shape index (κ3) is 1.87. The minimum Gasteiger partial charge on any atom is -0.399 e. The lowest BCUT2D eigenvalue weighted by molar-refractivity contribution is 0.826. The summed E-state index contributed by atoms with van der Waals surface area (Å²) < 4.78 is 0. The third-order valence-electron chi connectivity index (χ3n) is 2.91. The summed E-state index contributed by atoms with van der Waals surface area (Å²) >= 11 is 0. The van der Waals surface area contributed by atoms with Crippen LogP contribution in [0.15, 0.2) is 24.3 Å². The van der Waals surface area contributed by atoms with Gasteiger partial charge in [0.2, 0.25) is 0 Å². The number of benzene rings is 1. The first-order chi connectivity index (χ1) is 7.61. The molecule has 0 bridgehead atoms. The van der Waals surface area contributed by atoms with E-state index in [9.17, 15) is 0 Å². The Morgan fingerprint density at radius 2 is 2.00 bits per heavy atom. The van der Waals surface area contributed by atoms with Crippen molar-refractivity contribution in [2.24, 2.45) is 0 Å². The average molecular weight is 214 g/mol. The fourth-order valence-corrected chi connectivity index (χ4v) is 1.93. The number of rotatable bonds is 2. The number of aromatic nitrogens is 1. The summed E-state index contributed by atoms with van der Waals surface area (Å²) in [5, 5.41) is 1.22. The monoisotopic (exact) mass is 214 g/mol. The number of pyridine rings is 1. The van der Waals surface area contributed by atoms with Crippen LogP contribution in [0.1, 0.15) is 37.9 Å². The second-order valence-electron chi connectivity index (χ2n) is 4.49. The summed E-state index contributed by atoms with van der Waals surface area (Å²) in [7, 11) is 0. The van der Waals surface area contributed by atoms with Gasteiger partial charge in [0.1, 0.15) is 0 Å². The van der Waals surface area contributed by atoms with Crippen molar-refractivity contribution in [3.63, 3.8) is 0 Å². The van der Waals surface area contributed by atoms with Crippen molar-refractivity contribution in [2.75, 3.05) is 5.73 Å². The summed E-state index contributed by atoms with van der Waals surface area (Å²) in [5.74, 6) is 0.455. The molecular formula is C14H18N2. The van der Waals surface area contributed by atoms with Crippen molar-refractivity contribution in [1.82, 2.24) is 4.98 Å². The molecule has 0 atom stereocenters. The van der Waals surface area contributed by atoms with E-state index in [-0.39, 0.29) is 0 Å². The highest BCUT2D eigenvalue weighted by Crippen LogP contribution is 2.24. The number of aryl methyl sites for hydroxylation is 1. The molecule has 2 nitrogen and oxygen atoms in total. The highest BCUT2D eigenvalue weighted by atomic mass is 14.7. The van der Waals surface area contributed by atoms with E-state index in [0.717, 1.165) is 23.3 Å². The van der Waals surface area contributed by atoms with E-state index in [1.165, 1.54) is 10.9 Å². The quantitative estimate of drug-likeness (QED) is 0.777. The lowest BCUT2D eigenvalue weighted by Crippen LogP contribution is -1.97. The Balaban J connectivity index is 2.73. The molecule has 0 fully saturated rings. The molecule has 1 aromatic heterocycles. The van der Waals surface area contributed by atoms with Gasteiger partial charge in [-0.2, -0.15) is 0 Å². The van der Waals surface area contributed by atoms with Crippen LogP contribution in [0.4, 0.5) is 5.69 Å². The van der Waals surface area contributed by atoms with Gasteiger partial charge in [-0.15, -0.1) is 0 Å². The molecule has 0 spiro atoms. The molecule has 0 aliphatic rings. The number of hydrogen-bond donors (Lipinski definition) is 1. The maximum Gasteiger partial charge on any atom is 0.0728 e. The maximum absolute atomic E-state index is 5.80. The second kappa shape index (κ2) is 4.12. The molecule has 0 saturated carbocycles. The molecular weight excluding hydrogens is 196 g/mol. The Morgan fingerprint density at radius 3 is 2.62 bits per heavy atom. The SMILES string of the molecule is CCc1cc(C(C)C)nc2cc(N)ccc12. The topological polar surface area (TPSA) is 38.9 Å². The molecule has 1 aromatic carbocycles. The van der Waals surface area contributed by atoms with E-state index in [1.807, 2.05) is 12.1 Å². The number of fused-ring (bicyclic) bond motifs is 1. The van der Waals surface area contributed by atoms with Gasteiger partial charge in [-0.3, -0.25) is 4.98 Å². The Kier molecular flexibility index (Phi) is 2.82. The first kappa shape index (κ1) is 10.9. The van der Waals surface area contributed by atoms with E-state index in [1.54, 1.807) is 0 Å². The molecule has 0 aliphatic heterocycles. The zero-order valence-corrected chi connectivity index (χ0v) is 10.1. The summed E-state index contributed by atoms with van der Waals surface area (Å²) in [6.45, 7) is 6.51. The van der Waals surface area contributed by atoms with Gasteiger partial charge < -0.3 is 5.73 Å². The van der Waals surface area contributed by atoms with Gasteiger partial charge >= 0.3 is 0 Å². The molecule has 0 radical (unpaired) electrons. The number of anilines is 1. The minimum absolute atomic E-state index is 0.455. The Hall–Kier alpha value is -1.57. The Bertz CT molecular complexity index is 515. The molecule has 84 valence electrons. The fraction of sp³-hybridized carbons (Fsp3) is 0.357. The van der Waals surface area contributed by atoms with Crippen LogP contribution in [-0.4, -0.2) is 4.98 Å². The lowest BCUT2D eigenvalue weighted by Gasteiger charge is -2.10. The van der Waals surface area contributed by atoms with Crippen molar-refractivity contribution < 1.29 is 0 Å². The number of hydrogen-bond acceptors (Lipinski definition) is 2. The van der Waals surface area contributed by atoms with E-state index in [4.69, 9.17) is 5.73 Å². The van der Waals surface area contributed by atoms with Crippen LogP contribution in [0.2, 0.25) is 0 Å². The standard InChI is InChI=1S/C14H18N2/c1-4-10-7-13(9(2)3)16-14-8-11(15)5-6-12(10)14/h5-9H,4,15H2,1-3H3. The summed E-state index contributed by atoms with van der Waals surface area (Å²) in [6, 6.07) is 8.18. The summed E-state index contributed by atoms with van der Waals surface area (Å²) in [6.07, 6.45) is 1.03. The largest absolute Gasteiger partial charge is 0.399 e. The first-order valence-electron chi connectivity index (χ1n) is 5.81. The molecule has 2 heteroatoms. The van der Waals surface area contributed by atoms with Gasteiger partial charge in [-0.05, 0) is 36.1 Å². The Labute approximate surface area is 96.5 Å². The molecule has 2 rings (SSSR count). The van der Waals surface area contributed by atoms with Crippen LogP contribution in [0.25, 0.3) is 10.9 Å². The summed E-state index contributed by atoms with van der Waals surface area (Å²) in [5.41, 5.74) is 10.1. The predicted molar refractivity (Wildman–Crippen MR) is 69.6 cm³/mol. The van der Waals surface area contributed by atoms with Crippen LogP contribution in [0.3, 0.4) is 0 Å². The zero-order chi connectivity index (χ0) is 11.7. The van der Waals surface area contributed by atoms with Gasteiger partial charge in [0.25, 0.3) is 0 Å². The van der Waals surface area contributed by atoms with Crippen molar-refractivity contribution in [2.45, 2.75) is 33.1 Å². The van der Waals surface area contributed by atoms with E-state index >= 15 is 0 Å². The molecule has 2 aromatic rings. The molecule has 0 unspecified atom stereocenters. The van der Waals surface area contributed by atoms with E-state index < -0.39 is 0 Å². The van der Waals surface area contributed by atoms with Crippen LogP contribution in [-0.2, 0) is 6.42 Å². The van der Waals surface area contributed by atoms with Gasteiger partial charge in [-0.1, -0.05) is 26.8 Å². The predicted octanol–water partition coefficient (Wildman–Crippen LogP) is 3.50. The fourth-order valence-electron chi connectivity index (χ4n) is 1.93. The van der Waals surface area contributed by atoms with Crippen LogP contribution >= 0.6 is 0 Å². The van der Waals surface area contributed by atoms with Gasteiger partial charge in [0.15, 0.2) is 0 Å². The average Bonchev–Trinajstić information content (AvgIpc) is 2.26. The van der Waals surface area contributed by atoms with Crippen molar-refractivity contribution in [3.8, 4) is 0 Å². The van der Waals surface area contributed by atoms with E-state index in [0.29, 0.717) is 5.92 Å². The molecule has 0 saturated heterocycles. The highest BCUT2D eigenvalue weighted by molar-refractivity contribution is 5.85. The van der Waals surface area contributed by atoms with Crippen LogP contribution in [0.5, 0.6) is 0 Å². The smallest absolute Gasteiger partial charge is 0.0728 e. The molecule has 16 heavy (non-hydrogen) atoms. The minimum atomic E-state index is 0.455. The normalized spacial score (nSPS) is 11.2. The summed E-state index contributed by atoms with van der Waals surface area (Å²) in [4.78, 5) is 4.66. The first-order valence-corrected chi connectivity index (χ1v) is 5.81. The molecule has 0 aliphatic carbocycles. The number of nitrogen functional groups attached to an aromatic ring is 1. The van der Waals surface area contributed by atoms with E-state index in [2.05, 4.69) is 37.9 Å². The number of nitrogens with zero attached hydrogens (tertiary/aromatic N) is 1. The van der Waals surface area contributed by atoms with Gasteiger partial charge in [-0.25, -0.2) is 0 Å². The van der Waals surface area contributed by atoms with Crippen LogP contribution < -0.4 is 5.73 Å². The van der Waals surface area contributed by atoms with Crippen molar-refractivity contribution >= 4 is 16.6 Å². The zero-order valence-electron chi connectivity index (χ0n) is 10.1. The third-order valence-corrected chi connectivity index (χ3v) is 2.91. The van der Waals surface area contributed by atoms with Gasteiger partial charge in [0, 0.05) is 16.8 Å². The number of nitrogens with two attached hydrogens (primary N) is 1. The Morgan fingerprint density at radius 1 is 1.25 bits per heavy atom. The maximum atomic E-state index is 5.80. The molecule has 1 heterocycles. The molecule has 0 amide bonds. The van der Waals surface area contributed by atoms with Crippen molar-refractivity contribution in [3.05, 3.63) is 35.5 Å². The molecule has 2 N–H and O–H groups in total. The lowest BCUT2D eigenvalue weighted by atomic mass is 10.0. The van der Waals surface area contributed by atoms with Crippen molar-refractivity contribution in [1.29, 1.82) is 0 Å². The second-order valence-corrected chi connectivity index (χ2v) is 4.49. The highest BCUT2D eigenvalue weighted by Gasteiger charge is 2.07. The van der Waals surface area contributed by atoms with Crippen LogP contribution in [0, 0.1) is 0 Å². The van der Waals surface area contributed by atoms with Gasteiger partial charge in [0.05, 0.1) is 5.52 Å².